The minimum Gasteiger partial charge on any atom is -0.342 e. The Balaban J connectivity index is 2.08. The number of hydrogen-bond acceptors (Lipinski definition) is 3. The Kier molecular flexibility index (Phi) is 2.65. The van der Waals surface area contributed by atoms with Crippen LogP contribution in [-0.2, 0) is 14.2 Å². The average Bonchev–Trinajstić information content (AvgIpc) is 2.60. The van der Waals surface area contributed by atoms with Crippen LogP contribution in [0.1, 0.15) is 34.1 Å². The predicted molar refractivity (Wildman–Crippen MR) is 57.3 cm³/mol. The molecular weight excluding hydrogens is 192 g/mol. The summed E-state index contributed by atoms with van der Waals surface area (Å²) in [6.45, 7) is 12.1. The van der Waals surface area contributed by atoms with Gasteiger partial charge >= 0.3 is 0 Å². The van der Waals surface area contributed by atoms with Gasteiger partial charge in [-0.2, -0.15) is 0 Å². The second-order valence-corrected chi connectivity index (χ2v) is 4.90. The first-order valence-corrected chi connectivity index (χ1v) is 5.63. The van der Waals surface area contributed by atoms with Gasteiger partial charge in [0.25, 0.3) is 0 Å². The Morgan fingerprint density at radius 2 is 2.00 bits per heavy atom. The van der Waals surface area contributed by atoms with Crippen LogP contribution in [0.25, 0.3) is 0 Å². The monoisotopic (exact) mass is 212 g/mol. The fraction of sp³-hybridized carbons (Fsp3) is 0.833. The highest BCUT2D eigenvalue weighted by Gasteiger charge is 2.53. The number of fused-ring (bicyclic) bond motifs is 1. The Morgan fingerprint density at radius 3 is 2.53 bits per heavy atom. The molecule has 4 atom stereocenters. The molecule has 0 aromatic carbocycles. The molecule has 0 saturated carbocycles. The van der Waals surface area contributed by atoms with Crippen LogP contribution in [0.3, 0.4) is 0 Å². The molecule has 2 heterocycles. The molecule has 0 bridgehead atoms. The molecule has 0 radical (unpaired) electrons. The van der Waals surface area contributed by atoms with Crippen molar-refractivity contribution in [3.63, 3.8) is 0 Å². The van der Waals surface area contributed by atoms with Crippen LogP contribution in [0.15, 0.2) is 12.2 Å². The third-order valence-corrected chi connectivity index (χ3v) is 3.22. The van der Waals surface area contributed by atoms with Crippen LogP contribution < -0.4 is 0 Å². The minimum atomic E-state index is -0.512. The van der Waals surface area contributed by atoms with E-state index in [-0.39, 0.29) is 18.5 Å². The van der Waals surface area contributed by atoms with Crippen molar-refractivity contribution in [1.82, 2.24) is 0 Å². The van der Waals surface area contributed by atoms with Crippen molar-refractivity contribution >= 4 is 0 Å². The SMILES string of the molecule is C=C(CC)[C@H]1O[C@@H]2OC(C)(C)O[C@@H]2[C@@H]1C. The van der Waals surface area contributed by atoms with Gasteiger partial charge in [-0.1, -0.05) is 20.4 Å². The largest absolute Gasteiger partial charge is 0.342 e. The van der Waals surface area contributed by atoms with Gasteiger partial charge in [-0.05, 0) is 25.8 Å². The van der Waals surface area contributed by atoms with Gasteiger partial charge in [0.15, 0.2) is 12.1 Å². The normalized spacial score (nSPS) is 42.9. The number of hydrogen-bond donors (Lipinski definition) is 0. The van der Waals surface area contributed by atoms with E-state index >= 15 is 0 Å². The van der Waals surface area contributed by atoms with E-state index in [1.807, 2.05) is 13.8 Å². The first kappa shape index (κ1) is 11.1. The summed E-state index contributed by atoms with van der Waals surface area (Å²) in [6.07, 6.45) is 0.857. The molecule has 0 spiro atoms. The van der Waals surface area contributed by atoms with Gasteiger partial charge in [-0.25, -0.2) is 0 Å². The average molecular weight is 212 g/mol. The maximum atomic E-state index is 5.84. The molecule has 0 unspecified atom stereocenters. The zero-order valence-corrected chi connectivity index (χ0v) is 9.95. The van der Waals surface area contributed by atoms with Gasteiger partial charge < -0.3 is 14.2 Å². The molecule has 2 aliphatic rings. The van der Waals surface area contributed by atoms with Crippen molar-refractivity contribution in [2.24, 2.45) is 5.92 Å². The molecule has 0 aliphatic carbocycles. The third kappa shape index (κ3) is 1.84. The molecule has 2 fully saturated rings. The van der Waals surface area contributed by atoms with Crippen LogP contribution >= 0.6 is 0 Å². The zero-order chi connectivity index (χ0) is 11.2. The van der Waals surface area contributed by atoms with Crippen LogP contribution in [-0.4, -0.2) is 24.3 Å². The van der Waals surface area contributed by atoms with Crippen molar-refractivity contribution < 1.29 is 14.2 Å². The van der Waals surface area contributed by atoms with Gasteiger partial charge in [0, 0.05) is 5.92 Å². The van der Waals surface area contributed by atoms with E-state index in [4.69, 9.17) is 14.2 Å². The fourth-order valence-electron chi connectivity index (χ4n) is 2.33. The minimum absolute atomic E-state index is 0.0494. The molecule has 0 aromatic heterocycles. The lowest BCUT2D eigenvalue weighted by atomic mass is 9.94. The first-order valence-electron chi connectivity index (χ1n) is 5.63. The van der Waals surface area contributed by atoms with E-state index in [2.05, 4.69) is 20.4 Å². The molecule has 3 nitrogen and oxygen atoms in total. The molecule has 0 amide bonds. The standard InChI is InChI=1S/C12H20O3/c1-6-7(2)9-8(3)10-11(13-9)15-12(4,5)14-10/h8-11H,2,6H2,1,3-5H3/t8-,9-,10-,11-/m1/s1. The summed E-state index contributed by atoms with van der Waals surface area (Å²) in [5.41, 5.74) is 1.13. The van der Waals surface area contributed by atoms with E-state index in [1.165, 1.54) is 0 Å². The first-order chi connectivity index (χ1) is 6.94. The highest BCUT2D eigenvalue weighted by atomic mass is 16.8. The van der Waals surface area contributed by atoms with Gasteiger partial charge in [-0.15, -0.1) is 0 Å². The summed E-state index contributed by atoms with van der Waals surface area (Å²) in [5, 5.41) is 0. The molecule has 3 heteroatoms. The van der Waals surface area contributed by atoms with Crippen LogP contribution in [0, 0.1) is 5.92 Å². The maximum absolute atomic E-state index is 5.84. The second kappa shape index (κ2) is 3.58. The number of rotatable bonds is 2. The lowest BCUT2D eigenvalue weighted by Gasteiger charge is -2.24. The molecule has 86 valence electrons. The molecule has 0 aromatic rings. The molecule has 2 aliphatic heterocycles. The van der Waals surface area contributed by atoms with Crippen molar-refractivity contribution in [2.45, 2.75) is 58.4 Å². The lowest BCUT2D eigenvalue weighted by molar-refractivity contribution is -0.205. The summed E-state index contributed by atoms with van der Waals surface area (Å²) >= 11 is 0. The molecular formula is C12H20O3. The Morgan fingerprint density at radius 1 is 1.33 bits per heavy atom. The summed E-state index contributed by atoms with van der Waals surface area (Å²) in [4.78, 5) is 0. The van der Waals surface area contributed by atoms with Crippen LogP contribution in [0.5, 0.6) is 0 Å². The molecule has 0 N–H and O–H groups in total. The summed E-state index contributed by atoms with van der Waals surface area (Å²) in [6, 6.07) is 0. The molecule has 2 saturated heterocycles. The Bertz CT molecular complexity index is 272. The summed E-state index contributed by atoms with van der Waals surface area (Å²) in [5.74, 6) is -0.188. The molecule has 15 heavy (non-hydrogen) atoms. The zero-order valence-electron chi connectivity index (χ0n) is 9.95. The second-order valence-electron chi connectivity index (χ2n) is 4.90. The summed E-state index contributed by atoms with van der Waals surface area (Å²) < 4.78 is 17.3. The Hall–Kier alpha value is -0.380. The maximum Gasteiger partial charge on any atom is 0.188 e. The van der Waals surface area contributed by atoms with Crippen molar-refractivity contribution in [3.8, 4) is 0 Å². The van der Waals surface area contributed by atoms with E-state index < -0.39 is 5.79 Å². The highest BCUT2D eigenvalue weighted by Crippen LogP contribution is 2.42. The summed E-state index contributed by atoms with van der Waals surface area (Å²) in [7, 11) is 0. The predicted octanol–water partition coefficient (Wildman–Crippen LogP) is 2.47. The smallest absolute Gasteiger partial charge is 0.188 e. The third-order valence-electron chi connectivity index (χ3n) is 3.22. The van der Waals surface area contributed by atoms with Crippen molar-refractivity contribution in [2.75, 3.05) is 0 Å². The fourth-order valence-corrected chi connectivity index (χ4v) is 2.33. The van der Waals surface area contributed by atoms with Gasteiger partial charge in [0.1, 0.15) is 6.10 Å². The Labute approximate surface area is 91.4 Å². The highest BCUT2D eigenvalue weighted by molar-refractivity contribution is 5.09. The lowest BCUT2D eigenvalue weighted by Crippen LogP contribution is -2.29. The van der Waals surface area contributed by atoms with Gasteiger partial charge in [0.2, 0.25) is 0 Å². The van der Waals surface area contributed by atoms with Crippen LogP contribution in [0.2, 0.25) is 0 Å². The number of ether oxygens (including phenoxy) is 3. The van der Waals surface area contributed by atoms with Gasteiger partial charge in [0.05, 0.1) is 6.10 Å². The van der Waals surface area contributed by atoms with Crippen LogP contribution in [0.4, 0.5) is 0 Å². The quantitative estimate of drug-likeness (QED) is 0.658. The topological polar surface area (TPSA) is 27.7 Å². The van der Waals surface area contributed by atoms with Crippen molar-refractivity contribution in [1.29, 1.82) is 0 Å². The van der Waals surface area contributed by atoms with E-state index in [0.717, 1.165) is 12.0 Å². The van der Waals surface area contributed by atoms with E-state index in [1.54, 1.807) is 0 Å². The molecule has 2 rings (SSSR count). The van der Waals surface area contributed by atoms with E-state index in [0.29, 0.717) is 5.92 Å². The van der Waals surface area contributed by atoms with E-state index in [9.17, 15) is 0 Å². The van der Waals surface area contributed by atoms with Crippen molar-refractivity contribution in [3.05, 3.63) is 12.2 Å². The van der Waals surface area contributed by atoms with Gasteiger partial charge in [-0.3, -0.25) is 0 Å².